The summed E-state index contributed by atoms with van der Waals surface area (Å²) in [5, 5.41) is 6.07. The van der Waals surface area contributed by atoms with E-state index in [1.165, 1.54) is 16.3 Å². The van der Waals surface area contributed by atoms with Crippen molar-refractivity contribution in [3.63, 3.8) is 0 Å². The fourth-order valence-electron chi connectivity index (χ4n) is 3.84. The van der Waals surface area contributed by atoms with Gasteiger partial charge in [-0.25, -0.2) is 0 Å². The SMILES string of the molecule is Cc1cnc(CN2C(=O)CCC2CCNCc2ccc3ccccc3c2)cn1. The average Bonchev–Trinajstić information content (AvgIpc) is 3.06. The molecule has 4 rings (SSSR count). The van der Waals surface area contributed by atoms with Crippen molar-refractivity contribution in [3.05, 3.63) is 71.8 Å². The van der Waals surface area contributed by atoms with E-state index in [2.05, 4.69) is 57.7 Å². The number of hydrogen-bond acceptors (Lipinski definition) is 4. The summed E-state index contributed by atoms with van der Waals surface area (Å²) in [5.41, 5.74) is 3.04. The second-order valence-electron chi connectivity index (χ2n) is 7.51. The summed E-state index contributed by atoms with van der Waals surface area (Å²) in [7, 11) is 0. The van der Waals surface area contributed by atoms with Crippen LogP contribution in [0.25, 0.3) is 10.8 Å². The molecule has 2 aromatic carbocycles. The van der Waals surface area contributed by atoms with Gasteiger partial charge < -0.3 is 10.2 Å². The number of nitrogens with one attached hydrogen (secondary N) is 1. The van der Waals surface area contributed by atoms with E-state index >= 15 is 0 Å². The van der Waals surface area contributed by atoms with Gasteiger partial charge >= 0.3 is 0 Å². The Labute approximate surface area is 165 Å². The van der Waals surface area contributed by atoms with Gasteiger partial charge in [-0.1, -0.05) is 36.4 Å². The van der Waals surface area contributed by atoms with Gasteiger partial charge in [0, 0.05) is 25.2 Å². The van der Waals surface area contributed by atoms with Crippen molar-refractivity contribution in [1.29, 1.82) is 0 Å². The summed E-state index contributed by atoms with van der Waals surface area (Å²) in [6.07, 6.45) is 6.05. The number of carbonyl (C=O) groups is 1. The van der Waals surface area contributed by atoms with Crippen LogP contribution in [0.1, 0.15) is 36.2 Å². The lowest BCUT2D eigenvalue weighted by Crippen LogP contribution is -2.35. The molecule has 2 heterocycles. The third kappa shape index (κ3) is 4.37. The summed E-state index contributed by atoms with van der Waals surface area (Å²) in [5.74, 6) is 0.224. The first-order chi connectivity index (χ1) is 13.7. The largest absolute Gasteiger partial charge is 0.334 e. The lowest BCUT2D eigenvalue weighted by atomic mass is 10.1. The van der Waals surface area contributed by atoms with Crippen LogP contribution in [0.5, 0.6) is 0 Å². The van der Waals surface area contributed by atoms with E-state index in [0.717, 1.165) is 37.3 Å². The van der Waals surface area contributed by atoms with Crippen molar-refractivity contribution in [2.24, 2.45) is 0 Å². The zero-order valence-electron chi connectivity index (χ0n) is 16.3. The summed E-state index contributed by atoms with van der Waals surface area (Å²) in [4.78, 5) is 22.9. The lowest BCUT2D eigenvalue weighted by molar-refractivity contribution is -0.129. The van der Waals surface area contributed by atoms with Crippen LogP contribution in [-0.2, 0) is 17.9 Å². The zero-order valence-corrected chi connectivity index (χ0v) is 16.3. The third-order valence-corrected chi connectivity index (χ3v) is 5.42. The second-order valence-corrected chi connectivity index (χ2v) is 7.51. The molecule has 1 aromatic heterocycles. The van der Waals surface area contributed by atoms with Crippen LogP contribution in [-0.4, -0.2) is 33.4 Å². The number of hydrogen-bond donors (Lipinski definition) is 1. The molecular formula is C23H26N4O. The molecule has 5 nitrogen and oxygen atoms in total. The van der Waals surface area contributed by atoms with Crippen LogP contribution in [0, 0.1) is 6.92 Å². The molecule has 5 heteroatoms. The molecule has 1 unspecified atom stereocenters. The Balaban J connectivity index is 1.29. The van der Waals surface area contributed by atoms with Crippen LogP contribution < -0.4 is 5.32 Å². The maximum Gasteiger partial charge on any atom is 0.223 e. The third-order valence-electron chi connectivity index (χ3n) is 5.42. The smallest absolute Gasteiger partial charge is 0.223 e. The molecule has 144 valence electrons. The van der Waals surface area contributed by atoms with Crippen molar-refractivity contribution in [2.75, 3.05) is 6.54 Å². The maximum atomic E-state index is 12.3. The molecule has 1 aliphatic rings. The number of aryl methyl sites for hydroxylation is 1. The van der Waals surface area contributed by atoms with Crippen molar-refractivity contribution in [3.8, 4) is 0 Å². The normalized spacial score (nSPS) is 16.8. The molecule has 0 bridgehead atoms. The Morgan fingerprint density at radius 1 is 1.11 bits per heavy atom. The van der Waals surface area contributed by atoms with Gasteiger partial charge in [-0.15, -0.1) is 0 Å². The first-order valence-electron chi connectivity index (χ1n) is 9.94. The van der Waals surface area contributed by atoms with Gasteiger partial charge in [0.2, 0.25) is 5.91 Å². The molecule has 1 aliphatic heterocycles. The topological polar surface area (TPSA) is 58.1 Å². The van der Waals surface area contributed by atoms with E-state index < -0.39 is 0 Å². The van der Waals surface area contributed by atoms with Gasteiger partial charge in [-0.2, -0.15) is 0 Å². The maximum absolute atomic E-state index is 12.3. The molecule has 1 saturated heterocycles. The molecule has 0 saturated carbocycles. The number of rotatable bonds is 7. The highest BCUT2D eigenvalue weighted by atomic mass is 16.2. The van der Waals surface area contributed by atoms with E-state index in [-0.39, 0.29) is 11.9 Å². The van der Waals surface area contributed by atoms with Crippen molar-refractivity contribution in [2.45, 2.75) is 45.3 Å². The number of carbonyl (C=O) groups excluding carboxylic acids is 1. The molecule has 1 atom stereocenters. The van der Waals surface area contributed by atoms with Crippen molar-refractivity contribution < 1.29 is 4.79 Å². The van der Waals surface area contributed by atoms with E-state index in [1.807, 2.05) is 11.8 Å². The molecular weight excluding hydrogens is 348 g/mol. The van der Waals surface area contributed by atoms with Crippen LogP contribution >= 0.6 is 0 Å². The molecule has 0 aliphatic carbocycles. The minimum Gasteiger partial charge on any atom is -0.334 e. The van der Waals surface area contributed by atoms with Gasteiger partial charge in [-0.3, -0.25) is 14.8 Å². The summed E-state index contributed by atoms with van der Waals surface area (Å²) in [6.45, 7) is 4.21. The Morgan fingerprint density at radius 2 is 1.96 bits per heavy atom. The number of amides is 1. The number of likely N-dealkylation sites (tertiary alicyclic amines) is 1. The Hall–Kier alpha value is -2.79. The van der Waals surface area contributed by atoms with Gasteiger partial charge in [0.05, 0.1) is 24.1 Å². The highest BCUT2D eigenvalue weighted by Crippen LogP contribution is 2.23. The summed E-state index contributed by atoms with van der Waals surface area (Å²) < 4.78 is 0. The number of aromatic nitrogens is 2. The predicted molar refractivity (Wildman–Crippen MR) is 111 cm³/mol. The molecule has 0 radical (unpaired) electrons. The first-order valence-corrected chi connectivity index (χ1v) is 9.94. The quantitative estimate of drug-likeness (QED) is 0.642. The van der Waals surface area contributed by atoms with E-state index in [9.17, 15) is 4.79 Å². The molecule has 0 spiro atoms. The lowest BCUT2D eigenvalue weighted by Gasteiger charge is -2.24. The highest BCUT2D eigenvalue weighted by Gasteiger charge is 2.30. The number of benzene rings is 2. The number of nitrogens with zero attached hydrogens (tertiary/aromatic N) is 3. The zero-order chi connectivity index (χ0) is 19.3. The minimum absolute atomic E-state index is 0.224. The van der Waals surface area contributed by atoms with E-state index in [1.54, 1.807) is 12.4 Å². The van der Waals surface area contributed by atoms with Gasteiger partial charge in [0.15, 0.2) is 0 Å². The van der Waals surface area contributed by atoms with E-state index in [4.69, 9.17) is 0 Å². The van der Waals surface area contributed by atoms with Crippen LogP contribution in [0.2, 0.25) is 0 Å². The molecule has 28 heavy (non-hydrogen) atoms. The Kier molecular flexibility index (Phi) is 5.63. The Bertz CT molecular complexity index is 954. The first kappa shape index (κ1) is 18.6. The predicted octanol–water partition coefficient (Wildman–Crippen LogP) is 3.61. The average molecular weight is 374 g/mol. The van der Waals surface area contributed by atoms with Gasteiger partial charge in [0.25, 0.3) is 0 Å². The molecule has 1 fully saturated rings. The molecule has 1 N–H and O–H groups in total. The number of fused-ring (bicyclic) bond motifs is 1. The van der Waals surface area contributed by atoms with Crippen LogP contribution in [0.3, 0.4) is 0 Å². The minimum atomic E-state index is 0.224. The van der Waals surface area contributed by atoms with Crippen LogP contribution in [0.15, 0.2) is 54.9 Å². The highest BCUT2D eigenvalue weighted by molar-refractivity contribution is 5.83. The molecule has 3 aromatic rings. The fourth-order valence-corrected chi connectivity index (χ4v) is 3.84. The fraction of sp³-hybridized carbons (Fsp3) is 0.348. The summed E-state index contributed by atoms with van der Waals surface area (Å²) in [6, 6.07) is 15.3. The van der Waals surface area contributed by atoms with Crippen molar-refractivity contribution in [1.82, 2.24) is 20.2 Å². The standard InChI is InChI=1S/C23H26N4O/c1-17-13-26-21(15-25-17)16-27-22(8-9-23(27)28)10-11-24-14-18-6-7-19-4-2-3-5-20(19)12-18/h2-7,12-13,15,22,24H,8-11,14,16H2,1H3. The monoisotopic (exact) mass is 374 g/mol. The molecule has 1 amide bonds. The second kappa shape index (κ2) is 8.48. The Morgan fingerprint density at radius 3 is 2.79 bits per heavy atom. The summed E-state index contributed by atoms with van der Waals surface area (Å²) >= 11 is 0. The van der Waals surface area contributed by atoms with Gasteiger partial charge in [-0.05, 0) is 48.7 Å². The van der Waals surface area contributed by atoms with Crippen LogP contribution in [0.4, 0.5) is 0 Å². The van der Waals surface area contributed by atoms with Gasteiger partial charge in [0.1, 0.15) is 0 Å². The van der Waals surface area contributed by atoms with E-state index in [0.29, 0.717) is 13.0 Å². The van der Waals surface area contributed by atoms with Crippen molar-refractivity contribution >= 4 is 16.7 Å².